The van der Waals surface area contributed by atoms with E-state index < -0.39 is 0 Å². The van der Waals surface area contributed by atoms with Crippen molar-refractivity contribution in [3.63, 3.8) is 0 Å². The summed E-state index contributed by atoms with van der Waals surface area (Å²) in [6.07, 6.45) is 0.849. The molecule has 7 heteroatoms. The van der Waals surface area contributed by atoms with E-state index in [1.54, 1.807) is 11.3 Å². The van der Waals surface area contributed by atoms with E-state index in [4.69, 9.17) is 11.5 Å². The molecule has 0 radical (unpaired) electrons. The number of nitrogens with two attached hydrogens (primary N) is 2. The molecule has 0 aromatic carbocycles. The summed E-state index contributed by atoms with van der Waals surface area (Å²) in [5.41, 5.74) is 11.5. The van der Waals surface area contributed by atoms with Crippen molar-refractivity contribution in [2.24, 2.45) is 5.73 Å². The summed E-state index contributed by atoms with van der Waals surface area (Å²) < 4.78 is 0. The summed E-state index contributed by atoms with van der Waals surface area (Å²) >= 11 is 3.10. The maximum absolute atomic E-state index is 11.4. The van der Waals surface area contributed by atoms with Gasteiger partial charge in [-0.1, -0.05) is 24.8 Å². The fraction of sp³-hybridized carbons (Fsp3) is 0.333. The Hall–Kier alpha value is -1.31. The predicted octanol–water partition coefficient (Wildman–Crippen LogP) is 1.98. The first kappa shape index (κ1) is 14.1. The van der Waals surface area contributed by atoms with Crippen molar-refractivity contribution < 1.29 is 0 Å². The van der Waals surface area contributed by atoms with Crippen molar-refractivity contribution in [2.75, 3.05) is 5.73 Å². The number of anilines is 1. The Balaban J connectivity index is 2.27. The van der Waals surface area contributed by atoms with Crippen LogP contribution in [0.2, 0.25) is 0 Å². The van der Waals surface area contributed by atoms with Gasteiger partial charge in [-0.25, -0.2) is 4.98 Å². The second-order valence-electron chi connectivity index (χ2n) is 4.10. The van der Waals surface area contributed by atoms with Crippen LogP contribution in [0.5, 0.6) is 0 Å². The van der Waals surface area contributed by atoms with E-state index in [0.717, 1.165) is 6.42 Å². The van der Waals surface area contributed by atoms with Gasteiger partial charge in [-0.15, -0.1) is 11.3 Å². The quantitative estimate of drug-likeness (QED) is 0.579. The molecule has 2 rings (SSSR count). The average molecular weight is 296 g/mol. The van der Waals surface area contributed by atoms with Crippen LogP contribution in [0.1, 0.15) is 23.5 Å². The third-order valence-electron chi connectivity index (χ3n) is 2.66. The first-order chi connectivity index (χ1) is 9.10. The van der Waals surface area contributed by atoms with E-state index >= 15 is 0 Å². The number of hydrogen-bond acceptors (Lipinski definition) is 6. The fourth-order valence-electron chi connectivity index (χ4n) is 1.65. The molecular formula is C12H16N4OS2. The highest BCUT2D eigenvalue weighted by atomic mass is 32.2. The number of nitrogen functional groups attached to an aromatic ring is 1. The maximum Gasteiger partial charge on any atom is 0.253 e. The minimum Gasteiger partial charge on any atom is -0.383 e. The second-order valence-corrected chi connectivity index (χ2v) is 6.21. The Morgan fingerprint density at radius 3 is 2.95 bits per heavy atom. The Kier molecular flexibility index (Phi) is 4.62. The predicted molar refractivity (Wildman–Crippen MR) is 80.5 cm³/mol. The molecule has 2 heterocycles. The van der Waals surface area contributed by atoms with Crippen molar-refractivity contribution in [3.8, 4) is 0 Å². The van der Waals surface area contributed by atoms with E-state index in [1.165, 1.54) is 22.7 Å². The highest BCUT2D eigenvalue weighted by Gasteiger charge is 2.22. The molecule has 2 atom stereocenters. The number of thioether (sulfide) groups is 1. The molecule has 2 unspecified atom stereocenters. The molecule has 2 aromatic rings. The highest BCUT2D eigenvalue weighted by Crippen LogP contribution is 2.38. The number of thiophene rings is 1. The second kappa shape index (κ2) is 6.23. The molecular weight excluding hydrogens is 280 g/mol. The van der Waals surface area contributed by atoms with Crippen LogP contribution in [0.15, 0.2) is 33.5 Å². The largest absolute Gasteiger partial charge is 0.383 e. The lowest BCUT2D eigenvalue weighted by Gasteiger charge is -2.20. The number of H-pyrrole nitrogens is 1. The summed E-state index contributed by atoms with van der Waals surface area (Å²) in [4.78, 5) is 19.4. The van der Waals surface area contributed by atoms with E-state index in [0.29, 0.717) is 5.16 Å². The van der Waals surface area contributed by atoms with E-state index in [-0.39, 0.29) is 22.7 Å². The molecule has 2 aromatic heterocycles. The number of nitrogens with one attached hydrogen (secondary N) is 1. The molecule has 0 saturated carbocycles. The normalized spacial score (nSPS) is 14.2. The molecule has 0 aliphatic rings. The smallest absolute Gasteiger partial charge is 0.253 e. The standard InChI is InChI=1S/C12H16N4OS2/c1-2-7(13)11(8-4-3-5-18-8)19-12-15-9(14)6-10(17)16-12/h3-7,11H,2,13H2,1H3,(H3,14,15,16,17). The van der Waals surface area contributed by atoms with Crippen molar-refractivity contribution in [3.05, 3.63) is 38.8 Å². The Bertz CT molecular complexity index is 582. The number of nitrogens with zero attached hydrogens (tertiary/aromatic N) is 1. The maximum atomic E-state index is 11.4. The van der Waals surface area contributed by atoms with Crippen LogP contribution in [-0.2, 0) is 0 Å². The molecule has 5 N–H and O–H groups in total. The van der Waals surface area contributed by atoms with Crippen LogP contribution >= 0.6 is 23.1 Å². The van der Waals surface area contributed by atoms with Gasteiger partial charge in [-0.05, 0) is 17.9 Å². The lowest BCUT2D eigenvalue weighted by molar-refractivity contribution is 0.638. The van der Waals surface area contributed by atoms with Crippen LogP contribution in [-0.4, -0.2) is 16.0 Å². The first-order valence-electron chi connectivity index (χ1n) is 5.92. The molecule has 0 aliphatic heterocycles. The zero-order chi connectivity index (χ0) is 13.8. The third kappa shape index (κ3) is 3.59. The zero-order valence-corrected chi connectivity index (χ0v) is 12.1. The summed E-state index contributed by atoms with van der Waals surface area (Å²) in [5.74, 6) is 0.223. The molecule has 0 aliphatic carbocycles. The van der Waals surface area contributed by atoms with Crippen LogP contribution in [0.25, 0.3) is 0 Å². The number of aromatic nitrogens is 2. The third-order valence-corrected chi connectivity index (χ3v) is 5.04. The van der Waals surface area contributed by atoms with Crippen LogP contribution in [0, 0.1) is 0 Å². The van der Waals surface area contributed by atoms with Crippen molar-refractivity contribution >= 4 is 28.9 Å². The van der Waals surface area contributed by atoms with Gasteiger partial charge >= 0.3 is 0 Å². The number of aromatic amines is 1. The van der Waals surface area contributed by atoms with Crippen LogP contribution < -0.4 is 17.0 Å². The van der Waals surface area contributed by atoms with Gasteiger partial charge in [0.25, 0.3) is 5.56 Å². The van der Waals surface area contributed by atoms with Gasteiger partial charge < -0.3 is 16.5 Å². The molecule has 0 bridgehead atoms. The van der Waals surface area contributed by atoms with Crippen molar-refractivity contribution in [2.45, 2.75) is 29.8 Å². The van der Waals surface area contributed by atoms with E-state index in [1.807, 2.05) is 24.4 Å². The minimum atomic E-state index is -0.245. The van der Waals surface area contributed by atoms with Gasteiger partial charge in [0.2, 0.25) is 0 Å². The monoisotopic (exact) mass is 296 g/mol. The van der Waals surface area contributed by atoms with E-state index in [9.17, 15) is 4.79 Å². The molecule has 0 saturated heterocycles. The Morgan fingerprint density at radius 1 is 1.58 bits per heavy atom. The van der Waals surface area contributed by atoms with Gasteiger partial charge in [0.1, 0.15) is 5.82 Å². The van der Waals surface area contributed by atoms with Gasteiger partial charge in [-0.2, -0.15) is 0 Å². The van der Waals surface area contributed by atoms with Gasteiger partial charge in [0.05, 0.1) is 5.25 Å². The zero-order valence-electron chi connectivity index (χ0n) is 10.5. The SMILES string of the molecule is CCC(N)C(Sc1nc(N)cc(=O)[nH]1)c1cccs1. The van der Waals surface area contributed by atoms with Gasteiger partial charge in [0, 0.05) is 17.0 Å². The molecule has 0 spiro atoms. The summed E-state index contributed by atoms with van der Waals surface area (Å²) in [5, 5.41) is 2.59. The van der Waals surface area contributed by atoms with Crippen molar-refractivity contribution in [1.82, 2.24) is 9.97 Å². The van der Waals surface area contributed by atoms with Crippen LogP contribution in [0.4, 0.5) is 5.82 Å². The van der Waals surface area contributed by atoms with Crippen LogP contribution in [0.3, 0.4) is 0 Å². The summed E-state index contributed by atoms with van der Waals surface area (Å²) in [6.45, 7) is 2.04. The minimum absolute atomic E-state index is 0.00428. The highest BCUT2D eigenvalue weighted by molar-refractivity contribution is 7.99. The Labute approximate surface area is 119 Å². The molecule has 0 fully saturated rings. The molecule has 102 valence electrons. The fourth-order valence-corrected chi connectivity index (χ4v) is 3.86. The van der Waals surface area contributed by atoms with Gasteiger partial charge in [-0.3, -0.25) is 4.79 Å². The topological polar surface area (TPSA) is 97.8 Å². The molecule has 19 heavy (non-hydrogen) atoms. The van der Waals surface area contributed by atoms with E-state index in [2.05, 4.69) is 9.97 Å². The lowest BCUT2D eigenvalue weighted by atomic mass is 10.1. The summed E-state index contributed by atoms with van der Waals surface area (Å²) in [6, 6.07) is 5.30. The summed E-state index contributed by atoms with van der Waals surface area (Å²) in [7, 11) is 0. The number of rotatable bonds is 5. The van der Waals surface area contributed by atoms with Crippen molar-refractivity contribution in [1.29, 1.82) is 0 Å². The average Bonchev–Trinajstić information content (AvgIpc) is 2.87. The Morgan fingerprint density at radius 2 is 2.37 bits per heavy atom. The molecule has 5 nitrogen and oxygen atoms in total. The number of hydrogen-bond donors (Lipinski definition) is 3. The molecule has 0 amide bonds. The lowest BCUT2D eigenvalue weighted by Crippen LogP contribution is -2.25. The first-order valence-corrected chi connectivity index (χ1v) is 7.68. The van der Waals surface area contributed by atoms with Gasteiger partial charge in [0.15, 0.2) is 5.16 Å².